The molecule has 8 heteroatoms. The van der Waals surface area contributed by atoms with Crippen molar-refractivity contribution in [1.82, 2.24) is 25.2 Å². The van der Waals surface area contributed by atoms with Gasteiger partial charge in [-0.2, -0.15) is 0 Å². The molecule has 4 aliphatic rings. The van der Waals surface area contributed by atoms with Crippen LogP contribution in [0.5, 0.6) is 0 Å². The van der Waals surface area contributed by atoms with Crippen molar-refractivity contribution in [3.8, 4) is 0 Å². The number of aryl methyl sites for hydroxylation is 1. The standard InChI is InChI=1S/C25H29N5O2S/c1-16-7-22(29-32-16)33-24-28-27-21(30(24)15-17-5-3-2-4-6-17)14-26-23(31)25-11-18-8-19(12-25)10-20(9-18)13-25/h2-7,18-20H,8-15H2,1H3,(H,26,31). The molecule has 4 saturated carbocycles. The highest BCUT2D eigenvalue weighted by atomic mass is 32.2. The predicted octanol–water partition coefficient (Wildman–Crippen LogP) is 4.61. The van der Waals surface area contributed by atoms with Crippen molar-refractivity contribution in [2.45, 2.75) is 68.7 Å². The van der Waals surface area contributed by atoms with E-state index in [4.69, 9.17) is 4.52 Å². The Kier molecular flexibility index (Phi) is 5.28. The Balaban J connectivity index is 1.22. The summed E-state index contributed by atoms with van der Waals surface area (Å²) in [6.45, 7) is 2.89. The van der Waals surface area contributed by atoms with Crippen molar-refractivity contribution in [1.29, 1.82) is 0 Å². The average molecular weight is 464 g/mol. The third-order valence-corrected chi connectivity index (χ3v) is 8.59. The molecule has 0 unspecified atom stereocenters. The van der Waals surface area contributed by atoms with E-state index >= 15 is 0 Å². The highest BCUT2D eigenvalue weighted by molar-refractivity contribution is 7.99. The number of rotatable bonds is 7. The van der Waals surface area contributed by atoms with Gasteiger partial charge in [-0.1, -0.05) is 35.5 Å². The summed E-state index contributed by atoms with van der Waals surface area (Å²) in [5.41, 5.74) is 0.999. The molecule has 1 amide bonds. The number of nitrogens with zero attached hydrogens (tertiary/aromatic N) is 4. The number of carbonyl (C=O) groups is 1. The van der Waals surface area contributed by atoms with Gasteiger partial charge in [-0.3, -0.25) is 9.36 Å². The van der Waals surface area contributed by atoms with Gasteiger partial charge < -0.3 is 9.84 Å². The molecule has 2 heterocycles. The number of hydrogen-bond acceptors (Lipinski definition) is 6. The fourth-order valence-corrected chi connectivity index (χ4v) is 7.52. The van der Waals surface area contributed by atoms with Gasteiger partial charge >= 0.3 is 0 Å². The zero-order valence-electron chi connectivity index (χ0n) is 18.9. The summed E-state index contributed by atoms with van der Waals surface area (Å²) in [5.74, 6) is 3.99. The molecule has 7 nitrogen and oxygen atoms in total. The van der Waals surface area contributed by atoms with E-state index in [0.717, 1.165) is 64.3 Å². The largest absolute Gasteiger partial charge is 0.361 e. The Morgan fingerprint density at radius 3 is 2.45 bits per heavy atom. The monoisotopic (exact) mass is 463 g/mol. The first-order valence-electron chi connectivity index (χ1n) is 11.9. The lowest BCUT2D eigenvalue weighted by molar-refractivity contribution is -0.146. The predicted molar refractivity (Wildman–Crippen MR) is 123 cm³/mol. The van der Waals surface area contributed by atoms with Gasteiger partial charge in [-0.25, -0.2) is 0 Å². The van der Waals surface area contributed by atoms with Gasteiger partial charge in [0.15, 0.2) is 11.0 Å². The van der Waals surface area contributed by atoms with Crippen LogP contribution in [0.1, 0.15) is 55.7 Å². The molecule has 7 rings (SSSR count). The Hall–Kier alpha value is -2.61. The summed E-state index contributed by atoms with van der Waals surface area (Å²) in [6.07, 6.45) is 7.19. The van der Waals surface area contributed by atoms with E-state index in [1.807, 2.05) is 31.2 Å². The molecule has 1 aromatic carbocycles. The van der Waals surface area contributed by atoms with Gasteiger partial charge in [-0.15, -0.1) is 10.2 Å². The highest BCUT2D eigenvalue weighted by Gasteiger charge is 2.54. The topological polar surface area (TPSA) is 85.8 Å². The third-order valence-electron chi connectivity index (χ3n) is 7.71. The Bertz CT molecular complexity index is 1120. The van der Waals surface area contributed by atoms with E-state index < -0.39 is 0 Å². The second-order valence-electron chi connectivity index (χ2n) is 10.2. The Morgan fingerprint density at radius 1 is 1.12 bits per heavy atom. The van der Waals surface area contributed by atoms with E-state index in [9.17, 15) is 4.79 Å². The summed E-state index contributed by atoms with van der Waals surface area (Å²) in [4.78, 5) is 13.4. The third kappa shape index (κ3) is 4.09. The summed E-state index contributed by atoms with van der Waals surface area (Å²) >= 11 is 1.43. The van der Waals surface area contributed by atoms with Crippen molar-refractivity contribution in [2.24, 2.45) is 23.2 Å². The SMILES string of the molecule is Cc1cc(Sc2nnc(CNC(=O)C34CC5CC(CC(C5)C3)C4)n2Cc2ccccc2)no1. The summed E-state index contributed by atoms with van der Waals surface area (Å²) in [5, 5.41) is 17.7. The van der Waals surface area contributed by atoms with Crippen LogP contribution in [-0.4, -0.2) is 25.8 Å². The molecule has 0 radical (unpaired) electrons. The van der Waals surface area contributed by atoms with Crippen LogP contribution in [0.15, 0.2) is 51.1 Å². The van der Waals surface area contributed by atoms with Crippen molar-refractivity contribution in [2.75, 3.05) is 0 Å². The summed E-state index contributed by atoms with van der Waals surface area (Å²) < 4.78 is 7.29. The maximum Gasteiger partial charge on any atom is 0.226 e. The van der Waals surface area contributed by atoms with E-state index in [2.05, 4.69) is 37.4 Å². The fraction of sp³-hybridized carbons (Fsp3) is 0.520. The van der Waals surface area contributed by atoms with E-state index in [1.54, 1.807) is 0 Å². The van der Waals surface area contributed by atoms with Crippen LogP contribution >= 0.6 is 11.8 Å². The lowest BCUT2D eigenvalue weighted by atomic mass is 9.49. The minimum Gasteiger partial charge on any atom is -0.361 e. The highest BCUT2D eigenvalue weighted by Crippen LogP contribution is 2.60. The first kappa shape index (κ1) is 21.0. The minimum absolute atomic E-state index is 0.158. The van der Waals surface area contributed by atoms with Gasteiger partial charge in [0.05, 0.1) is 13.1 Å². The number of aromatic nitrogens is 4. The first-order valence-corrected chi connectivity index (χ1v) is 12.7. The molecular formula is C25H29N5O2S. The lowest BCUT2D eigenvalue weighted by Crippen LogP contribution is -2.53. The molecule has 2 aromatic heterocycles. The smallest absolute Gasteiger partial charge is 0.226 e. The normalized spacial score (nSPS) is 27.7. The summed E-state index contributed by atoms with van der Waals surface area (Å²) in [6, 6.07) is 12.1. The Morgan fingerprint density at radius 2 is 1.82 bits per heavy atom. The number of carbonyl (C=O) groups excluding carboxylic acids is 1. The van der Waals surface area contributed by atoms with Crippen LogP contribution in [0.25, 0.3) is 0 Å². The maximum atomic E-state index is 13.4. The quantitative estimate of drug-likeness (QED) is 0.551. The number of nitrogens with one attached hydrogen (secondary N) is 1. The number of hydrogen-bond donors (Lipinski definition) is 1. The van der Waals surface area contributed by atoms with E-state index in [0.29, 0.717) is 13.1 Å². The molecular weight excluding hydrogens is 434 g/mol. The zero-order valence-corrected chi connectivity index (χ0v) is 19.7. The number of amides is 1. The first-order chi connectivity index (χ1) is 16.1. The van der Waals surface area contributed by atoms with Gasteiger partial charge in [0, 0.05) is 11.5 Å². The Labute approximate surface area is 197 Å². The van der Waals surface area contributed by atoms with Gasteiger partial charge in [0.2, 0.25) is 5.91 Å². The molecule has 3 aromatic rings. The van der Waals surface area contributed by atoms with Crippen LogP contribution in [0.3, 0.4) is 0 Å². The van der Waals surface area contributed by atoms with Crippen LogP contribution in [0.4, 0.5) is 0 Å². The fourth-order valence-electron chi connectivity index (χ4n) is 6.67. The van der Waals surface area contributed by atoms with Crippen LogP contribution in [-0.2, 0) is 17.9 Å². The van der Waals surface area contributed by atoms with E-state index in [1.165, 1.54) is 31.0 Å². The number of benzene rings is 1. The second kappa shape index (κ2) is 8.31. The molecule has 4 aliphatic carbocycles. The molecule has 33 heavy (non-hydrogen) atoms. The van der Waals surface area contributed by atoms with Crippen molar-refractivity contribution in [3.63, 3.8) is 0 Å². The van der Waals surface area contributed by atoms with E-state index in [-0.39, 0.29) is 11.3 Å². The average Bonchev–Trinajstić information content (AvgIpc) is 3.38. The minimum atomic E-state index is -0.158. The van der Waals surface area contributed by atoms with Crippen molar-refractivity contribution in [3.05, 3.63) is 53.5 Å². The molecule has 4 fully saturated rings. The lowest BCUT2D eigenvalue weighted by Gasteiger charge is -2.55. The van der Waals surface area contributed by atoms with Gasteiger partial charge in [0.25, 0.3) is 0 Å². The van der Waals surface area contributed by atoms with Crippen LogP contribution in [0, 0.1) is 30.1 Å². The van der Waals surface area contributed by atoms with Crippen LogP contribution in [0.2, 0.25) is 0 Å². The van der Waals surface area contributed by atoms with Gasteiger partial charge in [-0.05, 0) is 80.5 Å². The molecule has 0 spiro atoms. The molecule has 1 N–H and O–H groups in total. The molecule has 0 saturated heterocycles. The zero-order chi connectivity index (χ0) is 22.4. The summed E-state index contributed by atoms with van der Waals surface area (Å²) in [7, 11) is 0. The van der Waals surface area contributed by atoms with Crippen LogP contribution < -0.4 is 5.32 Å². The van der Waals surface area contributed by atoms with Gasteiger partial charge in [0.1, 0.15) is 10.8 Å². The molecule has 0 aliphatic heterocycles. The maximum absolute atomic E-state index is 13.4. The van der Waals surface area contributed by atoms with Crippen molar-refractivity contribution >= 4 is 17.7 Å². The van der Waals surface area contributed by atoms with Crippen molar-refractivity contribution < 1.29 is 9.32 Å². The second-order valence-corrected chi connectivity index (χ2v) is 11.2. The molecule has 172 valence electrons. The molecule has 0 atom stereocenters. The molecule has 4 bridgehead atoms.